The smallest absolute Gasteiger partial charge is 0.246 e. The van der Waals surface area contributed by atoms with Crippen molar-refractivity contribution in [2.75, 3.05) is 20.1 Å². The van der Waals surface area contributed by atoms with Gasteiger partial charge in [0.05, 0.1) is 0 Å². The number of amides is 1. The van der Waals surface area contributed by atoms with Crippen LogP contribution in [0.4, 0.5) is 0 Å². The van der Waals surface area contributed by atoms with Crippen LogP contribution in [0.5, 0.6) is 0 Å². The molecule has 17 heavy (non-hydrogen) atoms. The molecule has 1 atom stereocenters. The average Bonchev–Trinajstić information content (AvgIpc) is 2.97. The van der Waals surface area contributed by atoms with Crippen LogP contribution in [-0.4, -0.2) is 37.0 Å². The normalized spacial score (nSPS) is 20.3. The SMILES string of the molecule is CNCC1CCCN1C(=O)/C=C/c1cccs1. The molecule has 1 unspecified atom stereocenters. The van der Waals surface area contributed by atoms with Gasteiger partial charge in [0, 0.05) is 30.1 Å². The predicted octanol–water partition coefficient (Wildman–Crippen LogP) is 1.97. The Kier molecular flexibility index (Phi) is 4.34. The minimum atomic E-state index is 0.135. The van der Waals surface area contributed by atoms with Gasteiger partial charge < -0.3 is 10.2 Å². The van der Waals surface area contributed by atoms with E-state index in [1.54, 1.807) is 17.4 Å². The second-order valence-corrected chi connectivity index (χ2v) is 5.21. The number of hydrogen-bond acceptors (Lipinski definition) is 3. The highest BCUT2D eigenvalue weighted by molar-refractivity contribution is 7.10. The van der Waals surface area contributed by atoms with E-state index in [1.807, 2.05) is 35.5 Å². The van der Waals surface area contributed by atoms with Crippen LogP contribution in [0.15, 0.2) is 23.6 Å². The van der Waals surface area contributed by atoms with E-state index < -0.39 is 0 Å². The van der Waals surface area contributed by atoms with Gasteiger partial charge in [-0.25, -0.2) is 0 Å². The Morgan fingerprint density at radius 2 is 2.59 bits per heavy atom. The highest BCUT2D eigenvalue weighted by Gasteiger charge is 2.26. The molecule has 2 heterocycles. The summed E-state index contributed by atoms with van der Waals surface area (Å²) in [5.74, 6) is 0.135. The van der Waals surface area contributed by atoms with E-state index in [9.17, 15) is 4.79 Å². The van der Waals surface area contributed by atoms with Crippen LogP contribution in [0.2, 0.25) is 0 Å². The summed E-state index contributed by atoms with van der Waals surface area (Å²) in [4.78, 5) is 15.1. The number of rotatable bonds is 4. The monoisotopic (exact) mass is 250 g/mol. The average molecular weight is 250 g/mol. The summed E-state index contributed by atoms with van der Waals surface area (Å²) in [7, 11) is 1.93. The summed E-state index contributed by atoms with van der Waals surface area (Å²) in [6.45, 7) is 1.78. The number of likely N-dealkylation sites (N-methyl/N-ethyl adjacent to an activating group) is 1. The van der Waals surface area contributed by atoms with Crippen LogP contribution in [0.1, 0.15) is 17.7 Å². The molecule has 1 aliphatic rings. The first-order valence-electron chi connectivity index (χ1n) is 5.98. The fourth-order valence-electron chi connectivity index (χ4n) is 2.21. The van der Waals surface area contributed by atoms with Crippen molar-refractivity contribution in [2.45, 2.75) is 18.9 Å². The van der Waals surface area contributed by atoms with E-state index in [1.165, 1.54) is 0 Å². The number of carbonyl (C=O) groups is 1. The Morgan fingerprint density at radius 3 is 3.29 bits per heavy atom. The van der Waals surface area contributed by atoms with Crippen molar-refractivity contribution in [1.82, 2.24) is 10.2 Å². The van der Waals surface area contributed by atoms with Crippen molar-refractivity contribution in [1.29, 1.82) is 0 Å². The third-order valence-corrected chi connectivity index (χ3v) is 3.87. The minimum Gasteiger partial charge on any atom is -0.335 e. The Labute approximate surface area is 106 Å². The molecular formula is C13H18N2OS. The van der Waals surface area contributed by atoms with Crippen molar-refractivity contribution in [3.63, 3.8) is 0 Å². The van der Waals surface area contributed by atoms with Gasteiger partial charge in [0.1, 0.15) is 0 Å². The van der Waals surface area contributed by atoms with E-state index in [0.29, 0.717) is 6.04 Å². The lowest BCUT2D eigenvalue weighted by Crippen LogP contribution is -2.39. The summed E-state index contributed by atoms with van der Waals surface area (Å²) in [5.41, 5.74) is 0. The first kappa shape index (κ1) is 12.3. The standard InChI is InChI=1S/C13H18N2OS/c1-14-10-11-4-2-8-15(11)13(16)7-6-12-5-3-9-17-12/h3,5-7,9,11,14H,2,4,8,10H2,1H3/b7-6+. The summed E-state index contributed by atoms with van der Waals surface area (Å²) < 4.78 is 0. The van der Waals surface area contributed by atoms with Crippen molar-refractivity contribution in [3.8, 4) is 0 Å². The van der Waals surface area contributed by atoms with Crippen LogP contribution in [0.3, 0.4) is 0 Å². The van der Waals surface area contributed by atoms with Crippen molar-refractivity contribution in [3.05, 3.63) is 28.5 Å². The van der Waals surface area contributed by atoms with E-state index in [4.69, 9.17) is 0 Å². The van der Waals surface area contributed by atoms with Crippen LogP contribution < -0.4 is 5.32 Å². The summed E-state index contributed by atoms with van der Waals surface area (Å²) in [6.07, 6.45) is 5.83. The molecule has 0 saturated carbocycles. The molecule has 0 aromatic carbocycles. The Bertz CT molecular complexity index is 386. The molecule has 1 N–H and O–H groups in total. The molecule has 1 aromatic rings. The summed E-state index contributed by atoms with van der Waals surface area (Å²) in [5, 5.41) is 5.17. The number of likely N-dealkylation sites (tertiary alicyclic amines) is 1. The molecule has 0 aliphatic carbocycles. The van der Waals surface area contributed by atoms with Gasteiger partial charge in [0.2, 0.25) is 5.91 Å². The van der Waals surface area contributed by atoms with Crippen LogP contribution in [-0.2, 0) is 4.79 Å². The highest BCUT2D eigenvalue weighted by Crippen LogP contribution is 2.18. The second-order valence-electron chi connectivity index (χ2n) is 4.23. The first-order valence-corrected chi connectivity index (χ1v) is 6.86. The lowest BCUT2D eigenvalue weighted by atomic mass is 10.2. The van der Waals surface area contributed by atoms with Gasteiger partial charge in [-0.05, 0) is 37.4 Å². The molecule has 0 bridgehead atoms. The topological polar surface area (TPSA) is 32.3 Å². The van der Waals surface area contributed by atoms with Gasteiger partial charge in [-0.1, -0.05) is 6.07 Å². The van der Waals surface area contributed by atoms with E-state index in [2.05, 4.69) is 5.32 Å². The number of carbonyl (C=O) groups excluding carboxylic acids is 1. The van der Waals surface area contributed by atoms with Gasteiger partial charge in [0.25, 0.3) is 0 Å². The molecule has 1 aliphatic heterocycles. The Balaban J connectivity index is 1.95. The van der Waals surface area contributed by atoms with Crippen LogP contribution in [0, 0.1) is 0 Å². The van der Waals surface area contributed by atoms with Gasteiger partial charge >= 0.3 is 0 Å². The van der Waals surface area contributed by atoms with Gasteiger partial charge in [0.15, 0.2) is 0 Å². The zero-order valence-electron chi connectivity index (χ0n) is 10.1. The summed E-state index contributed by atoms with van der Waals surface area (Å²) >= 11 is 1.65. The molecule has 92 valence electrons. The van der Waals surface area contributed by atoms with Crippen molar-refractivity contribution in [2.24, 2.45) is 0 Å². The zero-order chi connectivity index (χ0) is 12.1. The fourth-order valence-corrected chi connectivity index (χ4v) is 2.83. The predicted molar refractivity (Wildman–Crippen MR) is 72.0 cm³/mol. The molecule has 1 saturated heterocycles. The largest absolute Gasteiger partial charge is 0.335 e. The number of nitrogens with zero attached hydrogens (tertiary/aromatic N) is 1. The minimum absolute atomic E-state index is 0.135. The maximum absolute atomic E-state index is 12.0. The van der Waals surface area contributed by atoms with Crippen molar-refractivity contribution < 1.29 is 4.79 Å². The van der Waals surface area contributed by atoms with Gasteiger partial charge in [-0.3, -0.25) is 4.79 Å². The molecule has 4 heteroatoms. The molecule has 0 spiro atoms. The first-order chi connectivity index (χ1) is 8.31. The molecule has 1 amide bonds. The number of thiophene rings is 1. The van der Waals surface area contributed by atoms with Crippen LogP contribution in [0.25, 0.3) is 6.08 Å². The fraction of sp³-hybridized carbons (Fsp3) is 0.462. The lowest BCUT2D eigenvalue weighted by Gasteiger charge is -2.23. The third-order valence-electron chi connectivity index (χ3n) is 3.03. The lowest BCUT2D eigenvalue weighted by molar-refractivity contribution is -0.126. The van der Waals surface area contributed by atoms with Gasteiger partial charge in [-0.2, -0.15) is 0 Å². The maximum atomic E-state index is 12.0. The molecular weight excluding hydrogens is 232 g/mol. The van der Waals surface area contributed by atoms with Crippen molar-refractivity contribution >= 4 is 23.3 Å². The quantitative estimate of drug-likeness (QED) is 0.829. The Morgan fingerprint density at radius 1 is 1.71 bits per heavy atom. The molecule has 2 rings (SSSR count). The summed E-state index contributed by atoms with van der Waals surface area (Å²) in [6, 6.07) is 4.37. The van der Waals surface area contributed by atoms with E-state index >= 15 is 0 Å². The highest BCUT2D eigenvalue weighted by atomic mass is 32.1. The van der Waals surface area contributed by atoms with E-state index in [0.717, 1.165) is 30.8 Å². The molecule has 1 fully saturated rings. The second kappa shape index (κ2) is 5.98. The molecule has 0 radical (unpaired) electrons. The van der Waals surface area contributed by atoms with Gasteiger partial charge in [-0.15, -0.1) is 11.3 Å². The number of nitrogens with one attached hydrogen (secondary N) is 1. The zero-order valence-corrected chi connectivity index (χ0v) is 10.9. The van der Waals surface area contributed by atoms with Crippen LogP contribution >= 0.6 is 11.3 Å². The van der Waals surface area contributed by atoms with E-state index in [-0.39, 0.29) is 5.91 Å². The maximum Gasteiger partial charge on any atom is 0.246 e. The molecule has 3 nitrogen and oxygen atoms in total. The molecule has 1 aromatic heterocycles. The Hall–Kier alpha value is -1.13. The number of hydrogen-bond donors (Lipinski definition) is 1. The third kappa shape index (κ3) is 3.17.